The van der Waals surface area contributed by atoms with Crippen LogP contribution in [0.15, 0.2) is 60.7 Å². The average Bonchev–Trinajstić information content (AvgIpc) is 2.71. The van der Waals surface area contributed by atoms with Gasteiger partial charge < -0.3 is 10.1 Å². The predicted molar refractivity (Wildman–Crippen MR) is 106 cm³/mol. The summed E-state index contributed by atoms with van der Waals surface area (Å²) in [7, 11) is 0. The number of carbonyl (C=O) groups is 3. The van der Waals surface area contributed by atoms with Crippen molar-refractivity contribution in [2.24, 2.45) is 0 Å². The number of benzene rings is 3. The van der Waals surface area contributed by atoms with Gasteiger partial charge in [-0.25, -0.2) is 0 Å². The maximum absolute atomic E-state index is 12.9. The first-order valence-corrected chi connectivity index (χ1v) is 8.99. The Hall–Kier alpha value is -3.67. The van der Waals surface area contributed by atoms with Crippen LogP contribution in [0.3, 0.4) is 0 Å². The van der Waals surface area contributed by atoms with E-state index in [1.54, 1.807) is 48.5 Å². The van der Waals surface area contributed by atoms with E-state index in [-0.39, 0.29) is 6.54 Å². The van der Waals surface area contributed by atoms with Crippen LogP contribution in [0.5, 0.6) is 5.75 Å². The zero-order valence-electron chi connectivity index (χ0n) is 15.3. The number of para-hydroxylation sites is 2. The molecule has 0 aliphatic carbocycles. The Balaban J connectivity index is 1.60. The first-order valence-electron chi connectivity index (χ1n) is 8.99. The van der Waals surface area contributed by atoms with Crippen molar-refractivity contribution in [1.82, 2.24) is 4.90 Å². The molecule has 3 amide bonds. The molecule has 28 heavy (non-hydrogen) atoms. The molecule has 0 atom stereocenters. The summed E-state index contributed by atoms with van der Waals surface area (Å²) in [6, 6.07) is 17.6. The first-order chi connectivity index (χ1) is 13.6. The third kappa shape index (κ3) is 2.99. The van der Waals surface area contributed by atoms with Crippen molar-refractivity contribution in [2.75, 3.05) is 18.5 Å². The van der Waals surface area contributed by atoms with Crippen molar-refractivity contribution >= 4 is 34.2 Å². The van der Waals surface area contributed by atoms with Gasteiger partial charge >= 0.3 is 0 Å². The topological polar surface area (TPSA) is 75.7 Å². The second-order valence-electron chi connectivity index (χ2n) is 6.38. The number of amides is 3. The molecule has 0 saturated heterocycles. The molecular weight excluding hydrogens is 356 g/mol. The summed E-state index contributed by atoms with van der Waals surface area (Å²) >= 11 is 0. The lowest BCUT2D eigenvalue weighted by atomic mass is 9.94. The molecule has 1 aliphatic rings. The normalized spacial score (nSPS) is 13.0. The molecule has 1 aliphatic heterocycles. The molecular formula is C22H18N2O4. The number of hydrogen-bond donors (Lipinski definition) is 1. The van der Waals surface area contributed by atoms with E-state index in [2.05, 4.69) is 5.32 Å². The number of imide groups is 1. The second kappa shape index (κ2) is 7.15. The van der Waals surface area contributed by atoms with Crippen molar-refractivity contribution in [1.29, 1.82) is 0 Å². The molecule has 0 spiro atoms. The van der Waals surface area contributed by atoms with Crippen LogP contribution >= 0.6 is 0 Å². The van der Waals surface area contributed by atoms with E-state index in [9.17, 15) is 14.4 Å². The maximum atomic E-state index is 12.9. The van der Waals surface area contributed by atoms with Gasteiger partial charge in [-0.3, -0.25) is 19.3 Å². The molecule has 1 heterocycles. The highest BCUT2D eigenvalue weighted by molar-refractivity contribution is 6.26. The number of ether oxygens (including phenoxy) is 1. The van der Waals surface area contributed by atoms with Gasteiger partial charge in [0.2, 0.25) is 5.91 Å². The minimum absolute atomic E-state index is 0.372. The average molecular weight is 374 g/mol. The molecule has 3 aromatic rings. The van der Waals surface area contributed by atoms with E-state index >= 15 is 0 Å². The molecule has 0 unspecified atom stereocenters. The molecule has 1 N–H and O–H groups in total. The van der Waals surface area contributed by atoms with Crippen LogP contribution in [0.1, 0.15) is 27.6 Å². The highest BCUT2D eigenvalue weighted by Crippen LogP contribution is 2.30. The number of rotatable bonds is 5. The molecule has 4 rings (SSSR count). The van der Waals surface area contributed by atoms with Gasteiger partial charge in [-0.05, 0) is 36.6 Å². The highest BCUT2D eigenvalue weighted by atomic mass is 16.5. The monoisotopic (exact) mass is 374 g/mol. The Morgan fingerprint density at radius 3 is 2.21 bits per heavy atom. The summed E-state index contributed by atoms with van der Waals surface area (Å²) in [5, 5.41) is 4.19. The quantitative estimate of drug-likeness (QED) is 0.694. The molecule has 140 valence electrons. The summed E-state index contributed by atoms with van der Waals surface area (Å²) in [4.78, 5) is 39.3. The van der Waals surface area contributed by atoms with Gasteiger partial charge in [0.1, 0.15) is 12.3 Å². The van der Waals surface area contributed by atoms with Crippen molar-refractivity contribution in [3.8, 4) is 5.75 Å². The van der Waals surface area contributed by atoms with Crippen LogP contribution < -0.4 is 10.1 Å². The van der Waals surface area contributed by atoms with Gasteiger partial charge in [-0.15, -0.1) is 0 Å². The largest absolute Gasteiger partial charge is 0.492 e. The number of anilines is 1. The second-order valence-corrected chi connectivity index (χ2v) is 6.38. The van der Waals surface area contributed by atoms with E-state index in [0.29, 0.717) is 34.6 Å². The van der Waals surface area contributed by atoms with Crippen molar-refractivity contribution in [3.63, 3.8) is 0 Å². The fraction of sp³-hybridized carbons (Fsp3) is 0.136. The molecule has 0 aromatic heterocycles. The Kier molecular flexibility index (Phi) is 4.53. The van der Waals surface area contributed by atoms with Crippen LogP contribution in [0.2, 0.25) is 0 Å². The van der Waals surface area contributed by atoms with Gasteiger partial charge in [0, 0.05) is 16.5 Å². The van der Waals surface area contributed by atoms with Gasteiger partial charge in [-0.1, -0.05) is 36.4 Å². The third-order valence-electron chi connectivity index (χ3n) is 4.62. The van der Waals surface area contributed by atoms with Gasteiger partial charge in [0.05, 0.1) is 12.3 Å². The summed E-state index contributed by atoms with van der Waals surface area (Å²) in [6.07, 6.45) is 0. The number of nitrogens with zero attached hydrogens (tertiary/aromatic N) is 1. The molecule has 0 fully saturated rings. The standard InChI is InChI=1S/C22H18N2O4/c1-2-28-18-12-4-3-11-17(18)23-19(25)13-24-21(26)15-9-5-7-14-8-6-10-16(20(14)15)22(24)27/h3-12H,2,13H2,1H3,(H,23,25). The summed E-state index contributed by atoms with van der Waals surface area (Å²) in [5.74, 6) is -0.879. The Morgan fingerprint density at radius 2 is 1.57 bits per heavy atom. The SMILES string of the molecule is CCOc1ccccc1NC(=O)CN1C(=O)c2cccc3cccc(c23)C1=O. The first kappa shape index (κ1) is 17.7. The minimum Gasteiger partial charge on any atom is -0.492 e. The van der Waals surface area contributed by atoms with E-state index in [0.717, 1.165) is 10.3 Å². The molecule has 6 heteroatoms. The van der Waals surface area contributed by atoms with Crippen LogP contribution in [0.4, 0.5) is 5.69 Å². The van der Waals surface area contributed by atoms with E-state index < -0.39 is 17.7 Å². The van der Waals surface area contributed by atoms with E-state index in [1.165, 1.54) is 0 Å². The predicted octanol–water partition coefficient (Wildman–Crippen LogP) is 3.47. The van der Waals surface area contributed by atoms with Crippen molar-refractivity contribution < 1.29 is 19.1 Å². The molecule has 0 saturated carbocycles. The zero-order chi connectivity index (χ0) is 19.7. The molecule has 3 aromatic carbocycles. The number of nitrogens with one attached hydrogen (secondary N) is 1. The van der Waals surface area contributed by atoms with Gasteiger partial charge in [-0.2, -0.15) is 0 Å². The van der Waals surface area contributed by atoms with Crippen molar-refractivity contribution in [3.05, 3.63) is 71.8 Å². The Labute approximate surface area is 161 Å². The Bertz CT molecular complexity index is 1060. The zero-order valence-corrected chi connectivity index (χ0v) is 15.3. The van der Waals surface area contributed by atoms with Crippen molar-refractivity contribution in [2.45, 2.75) is 6.92 Å². The summed E-state index contributed by atoms with van der Waals surface area (Å²) in [5.41, 5.74) is 1.35. The highest BCUT2D eigenvalue weighted by Gasteiger charge is 2.33. The van der Waals surface area contributed by atoms with Crippen LogP contribution in [0, 0.1) is 0 Å². The molecule has 6 nitrogen and oxygen atoms in total. The summed E-state index contributed by atoms with van der Waals surface area (Å²) in [6.45, 7) is 1.93. The number of hydrogen-bond acceptors (Lipinski definition) is 4. The molecule has 0 radical (unpaired) electrons. The Morgan fingerprint density at radius 1 is 0.929 bits per heavy atom. The lowest BCUT2D eigenvalue weighted by molar-refractivity contribution is -0.116. The van der Waals surface area contributed by atoms with Crippen LogP contribution in [-0.2, 0) is 4.79 Å². The minimum atomic E-state index is -0.472. The van der Waals surface area contributed by atoms with Gasteiger partial charge in [0.15, 0.2) is 0 Å². The van der Waals surface area contributed by atoms with E-state index in [1.807, 2.05) is 19.1 Å². The van der Waals surface area contributed by atoms with E-state index in [4.69, 9.17) is 4.74 Å². The van der Waals surface area contributed by atoms with Crippen LogP contribution in [-0.4, -0.2) is 35.8 Å². The third-order valence-corrected chi connectivity index (χ3v) is 4.62. The molecule has 0 bridgehead atoms. The lowest BCUT2D eigenvalue weighted by Gasteiger charge is -2.26. The van der Waals surface area contributed by atoms with Gasteiger partial charge in [0.25, 0.3) is 11.8 Å². The smallest absolute Gasteiger partial charge is 0.261 e. The fourth-order valence-corrected chi connectivity index (χ4v) is 3.41. The maximum Gasteiger partial charge on any atom is 0.261 e. The lowest BCUT2D eigenvalue weighted by Crippen LogP contribution is -2.44. The summed E-state index contributed by atoms with van der Waals surface area (Å²) < 4.78 is 5.49. The fourth-order valence-electron chi connectivity index (χ4n) is 3.41. The number of carbonyl (C=O) groups excluding carboxylic acids is 3. The van der Waals surface area contributed by atoms with Crippen LogP contribution in [0.25, 0.3) is 10.8 Å².